The van der Waals surface area contributed by atoms with Gasteiger partial charge in [0.2, 0.25) is 0 Å². The third kappa shape index (κ3) is 5.07. The van der Waals surface area contributed by atoms with Gasteiger partial charge < -0.3 is 9.84 Å². The van der Waals surface area contributed by atoms with Crippen molar-refractivity contribution in [3.05, 3.63) is 82.9 Å². The first kappa shape index (κ1) is 20.9. The van der Waals surface area contributed by atoms with Crippen LogP contribution in [-0.2, 0) is 6.42 Å². The summed E-state index contributed by atoms with van der Waals surface area (Å²) in [5.74, 6) is 0.388. The Morgan fingerprint density at radius 3 is 1.93 bits per heavy atom. The van der Waals surface area contributed by atoms with E-state index in [1.54, 1.807) is 7.11 Å². The van der Waals surface area contributed by atoms with E-state index in [1.807, 2.05) is 19.1 Å². The molecule has 0 aliphatic carbocycles. The molecular weight excluding hydrogens is 327 g/mol. The van der Waals surface area contributed by atoms with Crippen LogP contribution in [0.15, 0.2) is 60.7 Å². The van der Waals surface area contributed by atoms with Gasteiger partial charge in [-0.05, 0) is 41.7 Å². The van der Waals surface area contributed by atoms with E-state index in [1.165, 1.54) is 11.1 Å². The van der Waals surface area contributed by atoms with E-state index in [2.05, 4.69) is 67.6 Å². The summed E-state index contributed by atoms with van der Waals surface area (Å²) < 4.78 is 5.25. The smallest absolute Gasteiger partial charge is 0.870 e. The summed E-state index contributed by atoms with van der Waals surface area (Å²) in [6.45, 7) is 4.07. The Kier molecular flexibility index (Phi) is 7.36. The first-order valence-corrected chi connectivity index (χ1v) is 8.84. The Hall–Kier alpha value is -2.40. The van der Waals surface area contributed by atoms with Gasteiger partial charge in [-0.1, -0.05) is 90.5 Å². The van der Waals surface area contributed by atoms with Gasteiger partial charge in [0.05, 0.1) is 7.11 Å². The van der Waals surface area contributed by atoms with Crippen LogP contribution in [0.4, 0.5) is 0 Å². The molecule has 3 heteroatoms. The average Bonchev–Trinajstić information content (AvgIpc) is 2.68. The Morgan fingerprint density at radius 2 is 1.41 bits per heavy atom. The SMILES string of the molecule is CCc1cc(-c2ccc(/C=C/c3ccc(C)cc3)cc2)cc(OC)c1[O-].[Li+]. The van der Waals surface area contributed by atoms with Gasteiger partial charge in [0.25, 0.3) is 0 Å². The maximum Gasteiger partial charge on any atom is 1.00 e. The van der Waals surface area contributed by atoms with Gasteiger partial charge in [0, 0.05) is 0 Å². The van der Waals surface area contributed by atoms with Crippen LogP contribution in [0, 0.1) is 6.92 Å². The molecule has 0 fully saturated rings. The topological polar surface area (TPSA) is 32.3 Å². The summed E-state index contributed by atoms with van der Waals surface area (Å²) in [5, 5.41) is 12.2. The van der Waals surface area contributed by atoms with E-state index < -0.39 is 0 Å². The second-order valence-corrected chi connectivity index (χ2v) is 6.39. The minimum Gasteiger partial charge on any atom is -0.870 e. The number of methoxy groups -OCH3 is 1. The Balaban J connectivity index is 0.00000261. The fourth-order valence-electron chi connectivity index (χ4n) is 2.90. The first-order chi connectivity index (χ1) is 12.6. The summed E-state index contributed by atoms with van der Waals surface area (Å²) in [4.78, 5) is 0. The molecule has 0 radical (unpaired) electrons. The molecule has 0 amide bonds. The van der Waals surface area contributed by atoms with Crippen LogP contribution in [-0.4, -0.2) is 7.11 Å². The van der Waals surface area contributed by atoms with Gasteiger partial charge in [0.15, 0.2) is 0 Å². The molecule has 3 aromatic carbocycles. The van der Waals surface area contributed by atoms with E-state index in [0.717, 1.165) is 22.3 Å². The van der Waals surface area contributed by atoms with Crippen LogP contribution in [0.3, 0.4) is 0 Å². The van der Waals surface area contributed by atoms with Crippen LogP contribution in [0.25, 0.3) is 23.3 Å². The number of rotatable bonds is 5. The second-order valence-electron chi connectivity index (χ2n) is 6.39. The Labute approximate surface area is 173 Å². The Bertz CT molecular complexity index is 885. The summed E-state index contributed by atoms with van der Waals surface area (Å²) >= 11 is 0. The van der Waals surface area contributed by atoms with Crippen molar-refractivity contribution in [3.63, 3.8) is 0 Å². The monoisotopic (exact) mass is 350 g/mol. The summed E-state index contributed by atoms with van der Waals surface area (Å²) in [6.07, 6.45) is 4.91. The van der Waals surface area contributed by atoms with Gasteiger partial charge in [-0.15, -0.1) is 0 Å². The van der Waals surface area contributed by atoms with Crippen LogP contribution in [0.2, 0.25) is 0 Å². The van der Waals surface area contributed by atoms with Crippen molar-refractivity contribution < 1.29 is 28.7 Å². The molecular formula is C24H23LiO2. The van der Waals surface area contributed by atoms with Gasteiger partial charge in [-0.25, -0.2) is 0 Å². The molecule has 0 bridgehead atoms. The van der Waals surface area contributed by atoms with Crippen molar-refractivity contribution in [2.75, 3.05) is 7.11 Å². The molecule has 27 heavy (non-hydrogen) atoms. The minimum absolute atomic E-state index is 0. The number of aryl methyl sites for hydroxylation is 2. The molecule has 2 nitrogen and oxygen atoms in total. The molecule has 0 aliphatic heterocycles. The van der Waals surface area contributed by atoms with Crippen molar-refractivity contribution in [2.45, 2.75) is 20.3 Å². The zero-order valence-corrected chi connectivity index (χ0v) is 16.5. The number of benzene rings is 3. The molecule has 0 N–H and O–H groups in total. The maximum absolute atomic E-state index is 12.2. The molecule has 0 saturated heterocycles. The zero-order chi connectivity index (χ0) is 18.5. The third-order valence-electron chi connectivity index (χ3n) is 4.52. The van der Waals surface area contributed by atoms with Gasteiger partial charge >= 0.3 is 18.9 Å². The molecule has 132 valence electrons. The molecule has 0 aromatic heterocycles. The zero-order valence-electron chi connectivity index (χ0n) is 16.5. The fourth-order valence-corrected chi connectivity index (χ4v) is 2.90. The molecule has 0 heterocycles. The van der Waals surface area contributed by atoms with Gasteiger partial charge in [-0.2, -0.15) is 0 Å². The number of ether oxygens (including phenoxy) is 1. The largest absolute Gasteiger partial charge is 1.00 e. The van der Waals surface area contributed by atoms with E-state index in [0.29, 0.717) is 12.2 Å². The molecule has 3 aromatic rings. The van der Waals surface area contributed by atoms with Crippen LogP contribution in [0.5, 0.6) is 11.5 Å². The van der Waals surface area contributed by atoms with Crippen molar-refractivity contribution in [1.29, 1.82) is 0 Å². The quantitative estimate of drug-likeness (QED) is 0.523. The summed E-state index contributed by atoms with van der Waals surface area (Å²) in [5.41, 5.74) is 6.44. The van der Waals surface area contributed by atoms with Crippen LogP contribution < -0.4 is 28.7 Å². The number of hydrogen-bond acceptors (Lipinski definition) is 2. The van der Waals surface area contributed by atoms with E-state index in [9.17, 15) is 5.11 Å². The van der Waals surface area contributed by atoms with Crippen molar-refractivity contribution >= 4 is 12.2 Å². The molecule has 0 unspecified atom stereocenters. The minimum atomic E-state index is -0.0172. The average molecular weight is 350 g/mol. The van der Waals surface area contributed by atoms with Crippen LogP contribution in [0.1, 0.15) is 29.2 Å². The predicted molar refractivity (Wildman–Crippen MR) is 107 cm³/mol. The van der Waals surface area contributed by atoms with Crippen molar-refractivity contribution in [3.8, 4) is 22.6 Å². The van der Waals surface area contributed by atoms with Crippen molar-refractivity contribution in [1.82, 2.24) is 0 Å². The normalized spacial score (nSPS) is 10.6. The van der Waals surface area contributed by atoms with Gasteiger partial charge in [-0.3, -0.25) is 0 Å². The standard InChI is InChI=1S/C24H24O2.Li/c1-4-20-15-22(16-23(26-3)24(20)25)21-13-11-19(12-14-21)10-9-18-7-5-17(2)6-8-18;/h5-16,25H,4H2,1-3H3;/q;+1/p-1/b10-9+;. The third-order valence-corrected chi connectivity index (χ3v) is 4.52. The Morgan fingerprint density at radius 1 is 0.852 bits per heavy atom. The molecule has 3 rings (SSSR count). The molecule has 0 aliphatic rings. The van der Waals surface area contributed by atoms with E-state index in [4.69, 9.17) is 4.74 Å². The fraction of sp³-hybridized carbons (Fsp3) is 0.167. The van der Waals surface area contributed by atoms with Crippen LogP contribution >= 0.6 is 0 Å². The van der Waals surface area contributed by atoms with Crippen molar-refractivity contribution in [2.24, 2.45) is 0 Å². The molecule has 0 atom stereocenters. The molecule has 0 spiro atoms. The summed E-state index contributed by atoms with van der Waals surface area (Å²) in [7, 11) is 1.54. The summed E-state index contributed by atoms with van der Waals surface area (Å²) in [6, 6.07) is 20.6. The molecule has 0 saturated carbocycles. The predicted octanol–water partition coefficient (Wildman–Crippen LogP) is 2.48. The number of hydrogen-bond donors (Lipinski definition) is 0. The van der Waals surface area contributed by atoms with E-state index in [-0.39, 0.29) is 24.6 Å². The maximum atomic E-state index is 12.2. The second kappa shape index (κ2) is 9.51. The van der Waals surface area contributed by atoms with Gasteiger partial charge in [0.1, 0.15) is 5.75 Å². The first-order valence-electron chi connectivity index (χ1n) is 8.84. The van der Waals surface area contributed by atoms with E-state index >= 15 is 0 Å².